The lowest BCUT2D eigenvalue weighted by Crippen LogP contribution is -2.59. The summed E-state index contributed by atoms with van der Waals surface area (Å²) in [5.41, 5.74) is 0.889. The number of hydrogen-bond donors (Lipinski definition) is 3. The lowest BCUT2D eigenvalue weighted by Gasteiger charge is -2.49. The zero-order valence-corrected chi connectivity index (χ0v) is 18.4. The smallest absolute Gasteiger partial charge is 0.162 e. The second-order valence-electron chi connectivity index (χ2n) is 8.53. The number of benzene rings is 3. The van der Waals surface area contributed by atoms with Gasteiger partial charge in [0.05, 0.1) is 0 Å². The average molecular weight is 436 g/mol. The van der Waals surface area contributed by atoms with Crippen molar-refractivity contribution in [3.8, 4) is 11.5 Å². The van der Waals surface area contributed by atoms with E-state index < -0.39 is 11.2 Å². The first-order chi connectivity index (χ1) is 15.5. The van der Waals surface area contributed by atoms with Crippen LogP contribution in [0.25, 0.3) is 0 Å². The van der Waals surface area contributed by atoms with E-state index in [1.807, 2.05) is 37.3 Å². The van der Waals surface area contributed by atoms with Gasteiger partial charge in [0.25, 0.3) is 0 Å². The first-order valence-corrected chi connectivity index (χ1v) is 11.2. The Morgan fingerprint density at radius 3 is 2.12 bits per heavy atom. The third kappa shape index (κ3) is 4.36. The molecule has 0 saturated carbocycles. The van der Waals surface area contributed by atoms with Crippen molar-refractivity contribution in [1.82, 2.24) is 5.32 Å². The van der Waals surface area contributed by atoms with Crippen LogP contribution in [0, 0.1) is 5.82 Å². The van der Waals surface area contributed by atoms with Crippen molar-refractivity contribution in [2.45, 2.75) is 43.8 Å². The Morgan fingerprint density at radius 1 is 0.938 bits per heavy atom. The third-order valence-electron chi connectivity index (χ3n) is 6.57. The molecule has 168 valence electrons. The highest BCUT2D eigenvalue weighted by atomic mass is 19.1. The van der Waals surface area contributed by atoms with E-state index in [4.69, 9.17) is 4.74 Å². The number of hydrogen-bond acceptors (Lipinski definition) is 4. The average Bonchev–Trinajstić information content (AvgIpc) is 2.81. The van der Waals surface area contributed by atoms with Gasteiger partial charge in [-0.25, -0.2) is 4.39 Å². The topological polar surface area (TPSA) is 61.7 Å². The number of phenols is 1. The highest BCUT2D eigenvalue weighted by molar-refractivity contribution is 5.41. The second-order valence-corrected chi connectivity index (χ2v) is 8.53. The first-order valence-electron chi connectivity index (χ1n) is 11.2. The number of piperidine rings is 1. The number of rotatable bonds is 7. The Bertz CT molecular complexity index is 1030. The fourth-order valence-corrected chi connectivity index (χ4v) is 4.73. The monoisotopic (exact) mass is 435 g/mol. The van der Waals surface area contributed by atoms with E-state index in [0.29, 0.717) is 44.5 Å². The molecule has 4 rings (SSSR count). The summed E-state index contributed by atoms with van der Waals surface area (Å²) in [4.78, 5) is 0. The van der Waals surface area contributed by atoms with Crippen LogP contribution in [-0.2, 0) is 12.0 Å². The first kappa shape index (κ1) is 22.3. The molecule has 5 heteroatoms. The molecule has 0 bridgehead atoms. The van der Waals surface area contributed by atoms with Crippen molar-refractivity contribution in [2.75, 3.05) is 13.1 Å². The molecule has 0 spiro atoms. The van der Waals surface area contributed by atoms with Gasteiger partial charge in [-0.05, 0) is 79.7 Å². The summed E-state index contributed by atoms with van der Waals surface area (Å²) in [6.07, 6.45) is 2.32. The molecule has 0 aromatic heterocycles. The predicted molar refractivity (Wildman–Crippen MR) is 123 cm³/mol. The zero-order valence-electron chi connectivity index (χ0n) is 18.4. The molecule has 1 aliphatic rings. The van der Waals surface area contributed by atoms with Crippen LogP contribution in [0.3, 0.4) is 0 Å². The maximum absolute atomic E-state index is 13.2. The summed E-state index contributed by atoms with van der Waals surface area (Å²) in [7, 11) is 0. The highest BCUT2D eigenvalue weighted by Gasteiger charge is 2.53. The molecule has 0 radical (unpaired) electrons. The van der Waals surface area contributed by atoms with Crippen molar-refractivity contribution in [3.63, 3.8) is 0 Å². The highest BCUT2D eigenvalue weighted by Crippen LogP contribution is 2.46. The van der Waals surface area contributed by atoms with E-state index in [-0.39, 0.29) is 11.6 Å². The summed E-state index contributed by atoms with van der Waals surface area (Å²) in [6.45, 7) is 3.41. The molecule has 32 heavy (non-hydrogen) atoms. The Balaban J connectivity index is 1.70. The normalized spacial score (nSPS) is 17.5. The number of para-hydroxylation sites is 2. The van der Waals surface area contributed by atoms with Crippen molar-refractivity contribution in [3.05, 3.63) is 95.3 Å². The van der Waals surface area contributed by atoms with Gasteiger partial charge in [-0.3, -0.25) is 0 Å². The van der Waals surface area contributed by atoms with Gasteiger partial charge in [0.15, 0.2) is 17.1 Å². The molecular weight excluding hydrogens is 405 g/mol. The minimum atomic E-state index is -1.09. The van der Waals surface area contributed by atoms with Crippen molar-refractivity contribution in [1.29, 1.82) is 0 Å². The largest absolute Gasteiger partial charge is 0.504 e. The predicted octanol–water partition coefficient (Wildman–Crippen LogP) is 4.92. The van der Waals surface area contributed by atoms with E-state index >= 15 is 0 Å². The maximum atomic E-state index is 13.2. The number of phenolic OH excluding ortho intramolecular Hbond substituents is 1. The minimum absolute atomic E-state index is 0.0517. The number of ether oxygens (including phenoxy) is 1. The molecule has 1 heterocycles. The van der Waals surface area contributed by atoms with Gasteiger partial charge in [-0.1, -0.05) is 55.5 Å². The zero-order chi connectivity index (χ0) is 22.6. The summed E-state index contributed by atoms with van der Waals surface area (Å²) in [5.74, 6) is 0.167. The van der Waals surface area contributed by atoms with Gasteiger partial charge in [0.2, 0.25) is 0 Å². The molecule has 0 aliphatic carbocycles. The molecule has 1 aliphatic heterocycles. The van der Waals surface area contributed by atoms with Gasteiger partial charge >= 0.3 is 0 Å². The third-order valence-corrected chi connectivity index (χ3v) is 6.57. The van der Waals surface area contributed by atoms with E-state index in [0.717, 1.165) is 16.7 Å². The van der Waals surface area contributed by atoms with Crippen LogP contribution in [0.1, 0.15) is 42.9 Å². The van der Waals surface area contributed by atoms with Crippen molar-refractivity contribution >= 4 is 0 Å². The summed E-state index contributed by atoms with van der Waals surface area (Å²) in [6, 6.07) is 21.5. The van der Waals surface area contributed by atoms with Gasteiger partial charge in [-0.15, -0.1) is 0 Å². The van der Waals surface area contributed by atoms with Crippen LogP contribution in [0.15, 0.2) is 72.8 Å². The number of aliphatic hydroxyl groups is 1. The van der Waals surface area contributed by atoms with Crippen LogP contribution >= 0.6 is 0 Å². The van der Waals surface area contributed by atoms with Gasteiger partial charge < -0.3 is 20.3 Å². The number of halogens is 1. The molecule has 1 fully saturated rings. The van der Waals surface area contributed by atoms with E-state index in [2.05, 4.69) is 5.32 Å². The Morgan fingerprint density at radius 2 is 1.53 bits per heavy atom. The lowest BCUT2D eigenvalue weighted by molar-refractivity contribution is -0.158. The van der Waals surface area contributed by atoms with Crippen LogP contribution in [0.5, 0.6) is 11.5 Å². The van der Waals surface area contributed by atoms with Crippen LogP contribution in [0.4, 0.5) is 4.39 Å². The number of aromatic hydroxyl groups is 1. The lowest BCUT2D eigenvalue weighted by atomic mass is 9.70. The van der Waals surface area contributed by atoms with Gasteiger partial charge in [0, 0.05) is 0 Å². The Labute approximate surface area is 188 Å². The summed E-state index contributed by atoms with van der Waals surface area (Å²) in [5, 5.41) is 25.5. The molecule has 3 aromatic rings. The number of nitrogens with one attached hydrogen (secondary N) is 1. The Kier molecular flexibility index (Phi) is 6.49. The van der Waals surface area contributed by atoms with Crippen molar-refractivity contribution in [2.24, 2.45) is 0 Å². The molecule has 3 N–H and O–H groups in total. The SMILES string of the molecule is CC[C@](Oc1ccccc1O)(c1ccc(Cc2ccc(F)cc2)cc1)C1(O)CCNCC1. The fraction of sp³-hybridized carbons (Fsp3) is 0.333. The molecule has 0 unspecified atom stereocenters. The molecule has 0 amide bonds. The molecule has 4 nitrogen and oxygen atoms in total. The Hall–Kier alpha value is -2.89. The molecule has 1 atom stereocenters. The maximum Gasteiger partial charge on any atom is 0.162 e. The van der Waals surface area contributed by atoms with E-state index in [9.17, 15) is 14.6 Å². The summed E-state index contributed by atoms with van der Waals surface area (Å²) >= 11 is 0. The summed E-state index contributed by atoms with van der Waals surface area (Å²) < 4.78 is 19.7. The van der Waals surface area contributed by atoms with Crippen LogP contribution in [0.2, 0.25) is 0 Å². The van der Waals surface area contributed by atoms with E-state index in [1.54, 1.807) is 30.3 Å². The van der Waals surface area contributed by atoms with E-state index in [1.165, 1.54) is 12.1 Å². The fourth-order valence-electron chi connectivity index (χ4n) is 4.73. The molecule has 3 aromatic carbocycles. The van der Waals surface area contributed by atoms with Gasteiger partial charge in [0.1, 0.15) is 11.4 Å². The second kappa shape index (κ2) is 9.31. The minimum Gasteiger partial charge on any atom is -0.504 e. The van der Waals surface area contributed by atoms with Gasteiger partial charge in [-0.2, -0.15) is 0 Å². The standard InChI is InChI=1S/C27H30FNO3/c1-2-27(26(31)15-17-29-18-16-26,32-25-6-4-3-5-24(25)30)22-11-7-20(8-12-22)19-21-9-13-23(28)14-10-21/h3-14,29-31H,2,15-19H2,1H3/t27-/m0/s1. The van der Waals surface area contributed by atoms with Crippen LogP contribution in [-0.4, -0.2) is 28.9 Å². The molecular formula is C27H30FNO3. The molecule has 1 saturated heterocycles. The van der Waals surface area contributed by atoms with Crippen LogP contribution < -0.4 is 10.1 Å². The van der Waals surface area contributed by atoms with Crippen molar-refractivity contribution < 1.29 is 19.3 Å². The quantitative estimate of drug-likeness (QED) is 0.493.